The number of hydrogen-bond donors (Lipinski definition) is 0. The summed E-state index contributed by atoms with van der Waals surface area (Å²) in [6, 6.07) is 9.87. The molecule has 100 valence electrons. The average Bonchev–Trinajstić information content (AvgIpc) is 2.33. The predicted molar refractivity (Wildman–Crippen MR) is 79.2 cm³/mol. The van der Waals surface area contributed by atoms with Gasteiger partial charge in [0.2, 0.25) is 0 Å². The Morgan fingerprint density at radius 1 is 1.16 bits per heavy atom. The molecule has 0 aliphatic heterocycles. The molecule has 0 spiro atoms. The molecule has 0 atom stereocenters. The zero-order chi connectivity index (χ0) is 14.0. The fraction of sp³-hybridized carbons (Fsp3) is 0.312. The smallest absolute Gasteiger partial charge is 0.134 e. The van der Waals surface area contributed by atoms with Crippen molar-refractivity contribution in [3.8, 4) is 11.5 Å². The molecular formula is C16H18ClNO. The van der Waals surface area contributed by atoms with Crippen LogP contribution in [0.15, 0.2) is 36.5 Å². The number of halogens is 1. The maximum Gasteiger partial charge on any atom is 0.134 e. The van der Waals surface area contributed by atoms with Gasteiger partial charge in [-0.1, -0.05) is 44.5 Å². The Labute approximate surface area is 119 Å². The SMILES string of the molecule is Cc1cnc(Cl)cc1Oc1cccc(C(C)(C)C)c1. The lowest BCUT2D eigenvalue weighted by atomic mass is 9.87. The maximum atomic E-state index is 5.90. The first-order valence-electron chi connectivity index (χ1n) is 6.27. The van der Waals surface area contributed by atoms with Crippen molar-refractivity contribution in [3.05, 3.63) is 52.8 Å². The largest absolute Gasteiger partial charge is 0.457 e. The van der Waals surface area contributed by atoms with Crippen molar-refractivity contribution in [1.82, 2.24) is 4.98 Å². The molecule has 0 radical (unpaired) electrons. The topological polar surface area (TPSA) is 22.1 Å². The highest BCUT2D eigenvalue weighted by atomic mass is 35.5. The molecule has 0 saturated carbocycles. The standard InChI is InChI=1S/C16H18ClNO/c1-11-10-18-15(17)9-14(11)19-13-7-5-6-12(8-13)16(2,3)4/h5-10H,1-4H3. The van der Waals surface area contributed by atoms with Crippen molar-refractivity contribution in [3.63, 3.8) is 0 Å². The summed E-state index contributed by atoms with van der Waals surface area (Å²) in [6.45, 7) is 8.49. The Hall–Kier alpha value is -1.54. The van der Waals surface area contributed by atoms with Crippen LogP contribution in [0.3, 0.4) is 0 Å². The first kappa shape index (κ1) is 13.9. The van der Waals surface area contributed by atoms with E-state index in [-0.39, 0.29) is 5.41 Å². The van der Waals surface area contributed by atoms with Crippen molar-refractivity contribution in [2.24, 2.45) is 0 Å². The lowest BCUT2D eigenvalue weighted by Gasteiger charge is -2.20. The molecule has 3 heteroatoms. The summed E-state index contributed by atoms with van der Waals surface area (Å²) in [6.07, 6.45) is 1.71. The highest BCUT2D eigenvalue weighted by molar-refractivity contribution is 6.29. The van der Waals surface area contributed by atoms with E-state index >= 15 is 0 Å². The van der Waals surface area contributed by atoms with E-state index in [0.29, 0.717) is 5.15 Å². The summed E-state index contributed by atoms with van der Waals surface area (Å²) in [7, 11) is 0. The van der Waals surface area contributed by atoms with Crippen LogP contribution in [0.25, 0.3) is 0 Å². The first-order valence-corrected chi connectivity index (χ1v) is 6.64. The van der Waals surface area contributed by atoms with E-state index in [1.54, 1.807) is 12.3 Å². The number of aromatic nitrogens is 1. The van der Waals surface area contributed by atoms with Gasteiger partial charge in [0, 0.05) is 17.8 Å². The quantitative estimate of drug-likeness (QED) is 0.709. The maximum absolute atomic E-state index is 5.90. The Morgan fingerprint density at radius 2 is 1.89 bits per heavy atom. The fourth-order valence-electron chi connectivity index (χ4n) is 1.74. The number of aryl methyl sites for hydroxylation is 1. The number of ether oxygens (including phenoxy) is 1. The van der Waals surface area contributed by atoms with Crippen LogP contribution in [0.2, 0.25) is 5.15 Å². The minimum Gasteiger partial charge on any atom is -0.457 e. The van der Waals surface area contributed by atoms with Crippen LogP contribution in [0.1, 0.15) is 31.9 Å². The van der Waals surface area contributed by atoms with E-state index in [0.717, 1.165) is 17.1 Å². The molecule has 0 amide bonds. The van der Waals surface area contributed by atoms with Gasteiger partial charge in [0.05, 0.1) is 0 Å². The van der Waals surface area contributed by atoms with Crippen molar-refractivity contribution in [1.29, 1.82) is 0 Å². The monoisotopic (exact) mass is 275 g/mol. The van der Waals surface area contributed by atoms with E-state index in [2.05, 4.69) is 37.9 Å². The number of nitrogens with zero attached hydrogens (tertiary/aromatic N) is 1. The van der Waals surface area contributed by atoms with Crippen LogP contribution in [-0.2, 0) is 5.41 Å². The zero-order valence-corrected chi connectivity index (χ0v) is 12.5. The molecule has 0 aliphatic carbocycles. The Kier molecular flexibility index (Phi) is 3.81. The summed E-state index contributed by atoms with van der Waals surface area (Å²) in [4.78, 5) is 4.02. The second-order valence-corrected chi connectivity index (χ2v) is 6.04. The molecule has 0 unspecified atom stereocenters. The van der Waals surface area contributed by atoms with Crippen molar-refractivity contribution < 1.29 is 4.74 Å². The van der Waals surface area contributed by atoms with Gasteiger partial charge in [-0.2, -0.15) is 0 Å². The predicted octanol–water partition coefficient (Wildman–Crippen LogP) is 5.13. The van der Waals surface area contributed by atoms with E-state index < -0.39 is 0 Å². The van der Waals surface area contributed by atoms with Crippen LogP contribution in [0, 0.1) is 6.92 Å². The Morgan fingerprint density at radius 3 is 2.58 bits per heavy atom. The van der Waals surface area contributed by atoms with Gasteiger partial charge in [-0.25, -0.2) is 4.98 Å². The third kappa shape index (κ3) is 3.48. The number of benzene rings is 1. The second kappa shape index (κ2) is 5.22. The van der Waals surface area contributed by atoms with E-state index in [9.17, 15) is 0 Å². The second-order valence-electron chi connectivity index (χ2n) is 5.65. The molecule has 0 saturated heterocycles. The van der Waals surface area contributed by atoms with E-state index in [1.165, 1.54) is 5.56 Å². The van der Waals surface area contributed by atoms with Gasteiger partial charge in [-0.05, 0) is 30.0 Å². The number of pyridine rings is 1. The van der Waals surface area contributed by atoms with Gasteiger partial charge in [0.1, 0.15) is 16.7 Å². The van der Waals surface area contributed by atoms with E-state index in [4.69, 9.17) is 16.3 Å². The lowest BCUT2D eigenvalue weighted by Crippen LogP contribution is -2.10. The molecule has 1 aromatic carbocycles. The van der Waals surface area contributed by atoms with Crippen molar-refractivity contribution >= 4 is 11.6 Å². The molecule has 0 bridgehead atoms. The van der Waals surface area contributed by atoms with Gasteiger partial charge < -0.3 is 4.74 Å². The summed E-state index contributed by atoms with van der Waals surface area (Å²) in [5.74, 6) is 1.56. The van der Waals surface area contributed by atoms with Crippen LogP contribution in [0.5, 0.6) is 11.5 Å². The van der Waals surface area contributed by atoms with Crippen molar-refractivity contribution in [2.75, 3.05) is 0 Å². The number of hydrogen-bond acceptors (Lipinski definition) is 2. The van der Waals surface area contributed by atoms with E-state index in [1.807, 2.05) is 19.1 Å². The van der Waals surface area contributed by atoms with Gasteiger partial charge in [0.25, 0.3) is 0 Å². The Bertz CT molecular complexity index is 588. The molecule has 0 aliphatic rings. The molecular weight excluding hydrogens is 258 g/mol. The fourth-order valence-corrected chi connectivity index (χ4v) is 1.89. The normalized spacial score (nSPS) is 11.4. The highest BCUT2D eigenvalue weighted by Gasteiger charge is 2.14. The third-order valence-corrected chi connectivity index (χ3v) is 3.15. The molecule has 2 rings (SSSR count). The highest BCUT2D eigenvalue weighted by Crippen LogP contribution is 2.30. The van der Waals surface area contributed by atoms with Gasteiger partial charge in [0.15, 0.2) is 0 Å². The molecule has 2 aromatic rings. The first-order chi connectivity index (χ1) is 8.86. The summed E-state index contributed by atoms with van der Waals surface area (Å²) >= 11 is 5.90. The molecule has 1 aromatic heterocycles. The lowest BCUT2D eigenvalue weighted by molar-refractivity contribution is 0.474. The Balaban J connectivity index is 2.31. The zero-order valence-electron chi connectivity index (χ0n) is 11.7. The minimum atomic E-state index is 0.101. The molecule has 0 N–H and O–H groups in total. The molecule has 0 fully saturated rings. The van der Waals surface area contributed by atoms with Crippen LogP contribution in [-0.4, -0.2) is 4.98 Å². The van der Waals surface area contributed by atoms with Crippen LogP contribution < -0.4 is 4.74 Å². The molecule has 19 heavy (non-hydrogen) atoms. The van der Waals surface area contributed by atoms with Gasteiger partial charge in [-0.3, -0.25) is 0 Å². The van der Waals surface area contributed by atoms with Gasteiger partial charge >= 0.3 is 0 Å². The van der Waals surface area contributed by atoms with Crippen molar-refractivity contribution in [2.45, 2.75) is 33.1 Å². The third-order valence-electron chi connectivity index (χ3n) is 2.95. The molecule has 2 nitrogen and oxygen atoms in total. The average molecular weight is 276 g/mol. The van der Waals surface area contributed by atoms with Gasteiger partial charge in [-0.15, -0.1) is 0 Å². The van der Waals surface area contributed by atoms with Crippen LogP contribution >= 0.6 is 11.6 Å². The number of rotatable bonds is 2. The minimum absolute atomic E-state index is 0.101. The molecule has 1 heterocycles. The summed E-state index contributed by atoms with van der Waals surface area (Å²) < 4.78 is 5.90. The summed E-state index contributed by atoms with van der Waals surface area (Å²) in [5, 5.41) is 0.438. The summed E-state index contributed by atoms with van der Waals surface area (Å²) in [5.41, 5.74) is 2.30. The van der Waals surface area contributed by atoms with Crippen LogP contribution in [0.4, 0.5) is 0 Å².